The summed E-state index contributed by atoms with van der Waals surface area (Å²) in [6.45, 7) is 2.19. The van der Waals surface area contributed by atoms with Crippen LogP contribution >= 0.6 is 35.0 Å². The van der Waals surface area contributed by atoms with Gasteiger partial charge in [0.05, 0.1) is 6.20 Å². The molecule has 0 bridgehead atoms. The Hall–Kier alpha value is -0.190. The third kappa shape index (κ3) is 3.39. The molecule has 1 aliphatic carbocycles. The largest absolute Gasteiger partial charge is 0.365 e. The van der Waals surface area contributed by atoms with E-state index in [0.717, 1.165) is 12.2 Å². The van der Waals surface area contributed by atoms with E-state index >= 15 is 0 Å². The lowest BCUT2D eigenvalue weighted by Crippen LogP contribution is -2.26. The van der Waals surface area contributed by atoms with E-state index in [-0.39, 0.29) is 5.28 Å². The van der Waals surface area contributed by atoms with Crippen molar-refractivity contribution in [1.82, 2.24) is 9.97 Å². The molecule has 1 fully saturated rings. The van der Waals surface area contributed by atoms with E-state index in [1.165, 1.54) is 19.0 Å². The van der Waals surface area contributed by atoms with Crippen molar-refractivity contribution >= 4 is 40.8 Å². The van der Waals surface area contributed by atoms with Crippen molar-refractivity contribution in [2.75, 3.05) is 11.1 Å². The molecule has 17 heavy (non-hydrogen) atoms. The third-order valence-electron chi connectivity index (χ3n) is 2.87. The lowest BCUT2D eigenvalue weighted by molar-refractivity contribution is 0.762. The van der Waals surface area contributed by atoms with E-state index < -0.39 is 0 Å². The molecule has 1 N–H and O–H groups in total. The molecule has 0 aromatic carbocycles. The van der Waals surface area contributed by atoms with Crippen LogP contribution in [0.25, 0.3) is 0 Å². The molecule has 2 rings (SSSR count). The Balaban J connectivity index is 2.06. The van der Waals surface area contributed by atoms with Gasteiger partial charge >= 0.3 is 0 Å². The van der Waals surface area contributed by atoms with Crippen LogP contribution in [0.15, 0.2) is 6.20 Å². The minimum atomic E-state index is 0.231. The van der Waals surface area contributed by atoms with Gasteiger partial charge in [-0.15, -0.1) is 0 Å². The second-order valence-corrected chi connectivity index (χ2v) is 6.27. The van der Waals surface area contributed by atoms with Crippen LogP contribution in [0, 0.1) is 0 Å². The number of anilines is 1. The van der Waals surface area contributed by atoms with Gasteiger partial charge in [-0.2, -0.15) is 16.7 Å². The molecule has 0 saturated heterocycles. The second kappa shape index (κ2) is 6.12. The third-order valence-corrected chi connectivity index (χ3v) is 4.65. The van der Waals surface area contributed by atoms with E-state index in [2.05, 4.69) is 22.2 Å². The lowest BCUT2D eigenvalue weighted by atomic mass is 10.2. The lowest BCUT2D eigenvalue weighted by Gasteiger charge is -2.21. The fraction of sp³-hybridized carbons (Fsp3) is 0.636. The Morgan fingerprint density at radius 1 is 1.47 bits per heavy atom. The van der Waals surface area contributed by atoms with Crippen LogP contribution in [0.2, 0.25) is 10.3 Å². The average molecular weight is 292 g/mol. The first kappa shape index (κ1) is 13.2. The fourth-order valence-corrected chi connectivity index (χ4v) is 3.60. The van der Waals surface area contributed by atoms with E-state index in [1.54, 1.807) is 0 Å². The molecule has 0 spiro atoms. The van der Waals surface area contributed by atoms with Crippen LogP contribution in [-0.4, -0.2) is 27.0 Å². The van der Waals surface area contributed by atoms with Gasteiger partial charge in [-0.25, -0.2) is 4.98 Å². The van der Waals surface area contributed by atoms with Gasteiger partial charge in [-0.05, 0) is 30.2 Å². The molecule has 1 aromatic rings. The standard InChI is InChI=1S/C11H15Cl2N3S/c1-2-17-9-5-3-4-8(9)15-10-7(12)6-14-11(13)16-10/h6,8-9H,2-5H2,1H3,(H,14,15,16). The molecule has 0 amide bonds. The predicted molar refractivity (Wildman–Crippen MR) is 75.2 cm³/mol. The number of aromatic nitrogens is 2. The van der Waals surface area contributed by atoms with Crippen LogP contribution in [0.3, 0.4) is 0 Å². The minimum Gasteiger partial charge on any atom is -0.365 e. The first-order valence-corrected chi connectivity index (χ1v) is 7.57. The maximum Gasteiger partial charge on any atom is 0.224 e. The Morgan fingerprint density at radius 3 is 3.06 bits per heavy atom. The molecule has 3 nitrogen and oxygen atoms in total. The highest BCUT2D eigenvalue weighted by Crippen LogP contribution is 2.33. The van der Waals surface area contributed by atoms with Crippen LogP contribution in [0.4, 0.5) is 5.82 Å². The Morgan fingerprint density at radius 2 is 2.29 bits per heavy atom. The molecular weight excluding hydrogens is 277 g/mol. The van der Waals surface area contributed by atoms with Gasteiger partial charge in [-0.3, -0.25) is 0 Å². The molecule has 0 radical (unpaired) electrons. The van der Waals surface area contributed by atoms with Crippen LogP contribution in [0.1, 0.15) is 26.2 Å². The zero-order valence-corrected chi connectivity index (χ0v) is 11.9. The van der Waals surface area contributed by atoms with E-state index in [9.17, 15) is 0 Å². The normalized spacial score (nSPS) is 23.9. The molecule has 94 valence electrons. The smallest absolute Gasteiger partial charge is 0.224 e. The summed E-state index contributed by atoms with van der Waals surface area (Å²) in [5.74, 6) is 1.79. The Labute approximate surface area is 116 Å². The highest BCUT2D eigenvalue weighted by Gasteiger charge is 2.27. The summed E-state index contributed by atoms with van der Waals surface area (Å²) < 4.78 is 0. The van der Waals surface area contributed by atoms with E-state index in [4.69, 9.17) is 23.2 Å². The van der Waals surface area contributed by atoms with Crippen molar-refractivity contribution in [2.45, 2.75) is 37.5 Å². The monoisotopic (exact) mass is 291 g/mol. The SMILES string of the molecule is CCSC1CCCC1Nc1nc(Cl)ncc1Cl. The number of nitrogens with one attached hydrogen (secondary N) is 1. The van der Waals surface area contributed by atoms with Gasteiger partial charge in [0, 0.05) is 11.3 Å². The van der Waals surface area contributed by atoms with Crippen molar-refractivity contribution in [3.8, 4) is 0 Å². The number of nitrogens with zero attached hydrogens (tertiary/aromatic N) is 2. The topological polar surface area (TPSA) is 37.8 Å². The zero-order valence-electron chi connectivity index (χ0n) is 9.62. The van der Waals surface area contributed by atoms with E-state index in [0.29, 0.717) is 22.1 Å². The number of hydrogen-bond donors (Lipinski definition) is 1. The quantitative estimate of drug-likeness (QED) is 0.855. The first-order valence-electron chi connectivity index (χ1n) is 5.77. The number of hydrogen-bond acceptors (Lipinski definition) is 4. The summed E-state index contributed by atoms with van der Waals surface area (Å²) in [6, 6.07) is 0.434. The zero-order chi connectivity index (χ0) is 12.3. The summed E-state index contributed by atoms with van der Waals surface area (Å²) in [6.07, 6.45) is 5.21. The first-order chi connectivity index (χ1) is 8.20. The molecule has 1 aromatic heterocycles. The summed E-state index contributed by atoms with van der Waals surface area (Å²) >= 11 is 13.8. The molecule has 0 aliphatic heterocycles. The van der Waals surface area contributed by atoms with Crippen molar-refractivity contribution in [1.29, 1.82) is 0 Å². The van der Waals surface area contributed by atoms with Gasteiger partial charge in [0.1, 0.15) is 10.8 Å². The number of halogens is 2. The fourth-order valence-electron chi connectivity index (χ4n) is 2.13. The van der Waals surface area contributed by atoms with Crippen LogP contribution in [0.5, 0.6) is 0 Å². The summed E-state index contributed by atoms with van der Waals surface area (Å²) in [5.41, 5.74) is 0. The average Bonchev–Trinajstić information content (AvgIpc) is 2.72. The Bertz CT molecular complexity index is 389. The molecule has 1 heterocycles. The van der Waals surface area contributed by atoms with Crippen LogP contribution < -0.4 is 5.32 Å². The van der Waals surface area contributed by atoms with E-state index in [1.807, 2.05) is 11.8 Å². The summed E-state index contributed by atoms with van der Waals surface area (Å²) in [4.78, 5) is 7.98. The summed E-state index contributed by atoms with van der Waals surface area (Å²) in [7, 11) is 0. The predicted octanol–water partition coefficient (Wildman–Crippen LogP) is 3.87. The number of thioether (sulfide) groups is 1. The van der Waals surface area contributed by atoms with Crippen molar-refractivity contribution in [3.63, 3.8) is 0 Å². The van der Waals surface area contributed by atoms with Gasteiger partial charge < -0.3 is 5.32 Å². The number of rotatable bonds is 4. The molecular formula is C11H15Cl2N3S. The molecule has 2 unspecified atom stereocenters. The maximum atomic E-state index is 6.05. The molecule has 1 saturated carbocycles. The van der Waals surface area contributed by atoms with Gasteiger partial charge in [-0.1, -0.05) is 24.9 Å². The van der Waals surface area contributed by atoms with Crippen LogP contribution in [-0.2, 0) is 0 Å². The molecule has 2 atom stereocenters. The molecule has 6 heteroatoms. The highest BCUT2D eigenvalue weighted by molar-refractivity contribution is 7.99. The maximum absolute atomic E-state index is 6.05. The minimum absolute atomic E-state index is 0.231. The summed E-state index contributed by atoms with van der Waals surface area (Å²) in [5, 5.41) is 4.80. The van der Waals surface area contributed by atoms with Crippen molar-refractivity contribution in [2.24, 2.45) is 0 Å². The highest BCUT2D eigenvalue weighted by atomic mass is 35.5. The van der Waals surface area contributed by atoms with Gasteiger partial charge in [0.15, 0.2) is 0 Å². The van der Waals surface area contributed by atoms with Gasteiger partial charge in [0.25, 0.3) is 0 Å². The van der Waals surface area contributed by atoms with Crippen molar-refractivity contribution < 1.29 is 0 Å². The molecule has 1 aliphatic rings. The Kier molecular flexibility index (Phi) is 4.77. The van der Waals surface area contributed by atoms with Crippen molar-refractivity contribution in [3.05, 3.63) is 16.5 Å². The van der Waals surface area contributed by atoms with Gasteiger partial charge in [0.2, 0.25) is 5.28 Å². The second-order valence-electron chi connectivity index (χ2n) is 4.01.